The highest BCUT2D eigenvalue weighted by Crippen LogP contribution is 2.30. The van der Waals surface area contributed by atoms with Gasteiger partial charge in [0.2, 0.25) is 0 Å². The van der Waals surface area contributed by atoms with Crippen molar-refractivity contribution in [2.24, 2.45) is 0 Å². The van der Waals surface area contributed by atoms with E-state index in [1.165, 1.54) is 0 Å². The van der Waals surface area contributed by atoms with Crippen LogP contribution in [0, 0.1) is 0 Å². The molecule has 3 amide bonds. The fraction of sp³-hybridized carbons (Fsp3) is 0.655. The summed E-state index contributed by atoms with van der Waals surface area (Å²) in [5.41, 5.74) is 1.76. The topological polar surface area (TPSA) is 61.3 Å². The number of nitrogens with zero attached hydrogens (tertiary/aromatic N) is 5. The quantitative estimate of drug-likeness (QED) is 0.541. The van der Waals surface area contributed by atoms with Crippen LogP contribution in [0.15, 0.2) is 24.3 Å². The van der Waals surface area contributed by atoms with Crippen molar-refractivity contribution in [3.05, 3.63) is 30.0 Å². The minimum Gasteiger partial charge on any atom is -0.490 e. The number of aromatic nitrogens is 1. The fourth-order valence-electron chi connectivity index (χ4n) is 5.67. The molecule has 2 aromatic rings. The van der Waals surface area contributed by atoms with Crippen molar-refractivity contribution in [1.29, 1.82) is 0 Å². The van der Waals surface area contributed by atoms with Gasteiger partial charge >= 0.3 is 6.03 Å². The maximum atomic E-state index is 13.7. The van der Waals surface area contributed by atoms with E-state index in [9.17, 15) is 9.59 Å². The SMILES string of the molecule is CCN(CC)C(=O)N1CCN(C(=O)c2cc3cc(OC4CCN(C(C)C)CC4)ccc3n2C(C)C)CC1. The highest BCUT2D eigenvalue weighted by atomic mass is 16.5. The van der Waals surface area contributed by atoms with Crippen molar-refractivity contribution >= 4 is 22.8 Å². The van der Waals surface area contributed by atoms with Crippen LogP contribution >= 0.6 is 0 Å². The molecule has 2 fully saturated rings. The predicted octanol–water partition coefficient (Wildman–Crippen LogP) is 4.69. The Morgan fingerprint density at radius 2 is 1.51 bits per heavy atom. The van der Waals surface area contributed by atoms with E-state index in [-0.39, 0.29) is 24.1 Å². The summed E-state index contributed by atoms with van der Waals surface area (Å²) in [6, 6.07) is 9.02. The second kappa shape index (κ2) is 11.8. The molecule has 0 saturated carbocycles. The molecule has 1 aromatic carbocycles. The zero-order chi connectivity index (χ0) is 26.7. The van der Waals surface area contributed by atoms with Gasteiger partial charge in [-0.3, -0.25) is 4.79 Å². The number of fused-ring (bicyclic) bond motifs is 1. The molecule has 0 radical (unpaired) electrons. The highest BCUT2D eigenvalue weighted by molar-refractivity contribution is 5.99. The number of piperidine rings is 1. The maximum Gasteiger partial charge on any atom is 0.320 e. The summed E-state index contributed by atoms with van der Waals surface area (Å²) in [5.74, 6) is 0.905. The summed E-state index contributed by atoms with van der Waals surface area (Å²) < 4.78 is 8.51. The Labute approximate surface area is 222 Å². The lowest BCUT2D eigenvalue weighted by Gasteiger charge is -2.37. The van der Waals surface area contributed by atoms with Crippen LogP contribution in [0.1, 0.15) is 70.9 Å². The zero-order valence-corrected chi connectivity index (χ0v) is 23.6. The van der Waals surface area contributed by atoms with Gasteiger partial charge in [-0.2, -0.15) is 0 Å². The Bertz CT molecular complexity index is 1070. The van der Waals surface area contributed by atoms with Gasteiger partial charge in [-0.05, 0) is 78.6 Å². The smallest absolute Gasteiger partial charge is 0.320 e. The van der Waals surface area contributed by atoms with Crippen molar-refractivity contribution in [1.82, 2.24) is 24.2 Å². The van der Waals surface area contributed by atoms with E-state index in [0.29, 0.717) is 51.0 Å². The molecule has 0 aliphatic carbocycles. The number of carbonyl (C=O) groups excluding carboxylic acids is 2. The first-order valence-electron chi connectivity index (χ1n) is 14.1. The molecule has 1 aromatic heterocycles. The molecule has 0 unspecified atom stereocenters. The summed E-state index contributed by atoms with van der Waals surface area (Å²) in [5, 5.41) is 1.03. The molecule has 8 nitrogen and oxygen atoms in total. The van der Waals surface area contributed by atoms with Crippen molar-refractivity contribution in [2.75, 3.05) is 52.4 Å². The molecule has 4 rings (SSSR count). The lowest BCUT2D eigenvalue weighted by Crippen LogP contribution is -2.54. The summed E-state index contributed by atoms with van der Waals surface area (Å²) in [7, 11) is 0. The van der Waals surface area contributed by atoms with E-state index in [4.69, 9.17) is 4.74 Å². The molecule has 2 aliphatic rings. The van der Waals surface area contributed by atoms with E-state index in [0.717, 1.165) is 42.6 Å². The number of likely N-dealkylation sites (tertiary alicyclic amines) is 1. The molecule has 0 spiro atoms. The van der Waals surface area contributed by atoms with Gasteiger partial charge in [0.15, 0.2) is 0 Å². The summed E-state index contributed by atoms with van der Waals surface area (Å²) in [6.45, 7) is 18.5. The van der Waals surface area contributed by atoms with Crippen LogP contribution in [0.5, 0.6) is 5.75 Å². The Morgan fingerprint density at radius 1 is 0.892 bits per heavy atom. The number of hydrogen-bond acceptors (Lipinski definition) is 4. The van der Waals surface area contributed by atoms with Crippen molar-refractivity contribution in [3.8, 4) is 5.75 Å². The summed E-state index contributed by atoms with van der Waals surface area (Å²) in [4.78, 5) is 34.5. The van der Waals surface area contributed by atoms with Crippen LogP contribution in [0.3, 0.4) is 0 Å². The molecule has 3 heterocycles. The van der Waals surface area contributed by atoms with E-state index >= 15 is 0 Å². The van der Waals surface area contributed by atoms with Gasteiger partial charge in [-0.25, -0.2) is 4.79 Å². The standard InChI is InChI=1S/C29H45N5O3/c1-7-30(8-2)29(36)33-17-15-32(16-18-33)28(35)27-20-23-19-25(9-10-26(23)34(27)22(5)6)37-24-11-13-31(14-12-24)21(3)4/h9-10,19-22,24H,7-8,11-18H2,1-6H3. The second-order valence-electron chi connectivity index (χ2n) is 10.9. The van der Waals surface area contributed by atoms with Crippen LogP contribution in [-0.4, -0.2) is 101 Å². The predicted molar refractivity (Wildman–Crippen MR) is 148 cm³/mol. The van der Waals surface area contributed by atoms with Crippen molar-refractivity contribution < 1.29 is 14.3 Å². The molecule has 8 heteroatoms. The van der Waals surface area contributed by atoms with E-state index < -0.39 is 0 Å². The number of rotatable bonds is 7. The van der Waals surface area contributed by atoms with Gasteiger partial charge < -0.3 is 28.9 Å². The zero-order valence-electron chi connectivity index (χ0n) is 23.6. The maximum absolute atomic E-state index is 13.7. The van der Waals surface area contributed by atoms with E-state index in [1.807, 2.05) is 40.7 Å². The minimum atomic E-state index is 0.0309. The third kappa shape index (κ3) is 5.89. The van der Waals surface area contributed by atoms with Crippen LogP contribution in [0.2, 0.25) is 0 Å². The molecule has 2 saturated heterocycles. The van der Waals surface area contributed by atoms with Gasteiger partial charge in [0, 0.05) is 75.3 Å². The van der Waals surface area contributed by atoms with Crippen LogP contribution in [0.25, 0.3) is 10.9 Å². The number of piperazine rings is 1. The third-order valence-corrected chi connectivity index (χ3v) is 7.93. The van der Waals surface area contributed by atoms with Crippen LogP contribution < -0.4 is 4.74 Å². The Kier molecular flexibility index (Phi) is 8.67. The number of benzene rings is 1. The first-order chi connectivity index (χ1) is 17.7. The van der Waals surface area contributed by atoms with Crippen molar-refractivity contribution in [3.63, 3.8) is 0 Å². The lowest BCUT2D eigenvalue weighted by molar-refractivity contribution is 0.0630. The second-order valence-corrected chi connectivity index (χ2v) is 10.9. The average Bonchev–Trinajstić information content (AvgIpc) is 3.28. The third-order valence-electron chi connectivity index (χ3n) is 7.93. The highest BCUT2D eigenvalue weighted by Gasteiger charge is 2.29. The van der Waals surface area contributed by atoms with Gasteiger partial charge in [-0.1, -0.05) is 0 Å². The molecule has 0 N–H and O–H groups in total. The number of urea groups is 1. The van der Waals surface area contributed by atoms with Gasteiger partial charge in [0.25, 0.3) is 5.91 Å². The Balaban J connectivity index is 1.47. The number of amides is 3. The first-order valence-corrected chi connectivity index (χ1v) is 14.1. The van der Waals surface area contributed by atoms with Gasteiger partial charge in [0.05, 0.1) is 0 Å². The minimum absolute atomic E-state index is 0.0309. The normalized spacial score (nSPS) is 17.7. The molecule has 0 atom stereocenters. The molecule has 2 aliphatic heterocycles. The van der Waals surface area contributed by atoms with Crippen LogP contribution in [0.4, 0.5) is 4.79 Å². The Hall–Kier alpha value is -2.74. The summed E-state index contributed by atoms with van der Waals surface area (Å²) in [6.07, 6.45) is 2.31. The van der Waals surface area contributed by atoms with E-state index in [2.05, 4.69) is 49.3 Å². The lowest BCUT2D eigenvalue weighted by atomic mass is 10.1. The molecular weight excluding hydrogens is 466 g/mol. The van der Waals surface area contributed by atoms with Gasteiger partial charge in [0.1, 0.15) is 17.5 Å². The van der Waals surface area contributed by atoms with Gasteiger partial charge in [-0.15, -0.1) is 0 Å². The monoisotopic (exact) mass is 511 g/mol. The molecule has 37 heavy (non-hydrogen) atoms. The molecule has 0 bridgehead atoms. The fourth-order valence-corrected chi connectivity index (χ4v) is 5.67. The average molecular weight is 512 g/mol. The van der Waals surface area contributed by atoms with E-state index in [1.54, 1.807) is 0 Å². The number of ether oxygens (including phenoxy) is 1. The molecule has 204 valence electrons. The number of carbonyl (C=O) groups is 2. The summed E-state index contributed by atoms with van der Waals surface area (Å²) >= 11 is 0. The first kappa shape index (κ1) is 27.3. The van der Waals surface area contributed by atoms with Crippen LogP contribution in [-0.2, 0) is 0 Å². The largest absolute Gasteiger partial charge is 0.490 e. The molecular formula is C29H45N5O3. The van der Waals surface area contributed by atoms with Crippen molar-refractivity contribution in [2.45, 2.75) is 72.6 Å². The Morgan fingerprint density at radius 3 is 2.08 bits per heavy atom. The number of hydrogen-bond donors (Lipinski definition) is 0.